The Balaban J connectivity index is 1.84. The number of anilines is 1. The van der Waals surface area contributed by atoms with Gasteiger partial charge in [0.2, 0.25) is 26.6 Å². The number of ether oxygens (including phenoxy) is 3. The number of fused-ring (bicyclic) bond motifs is 1. The minimum atomic E-state index is -3.98. The van der Waals surface area contributed by atoms with Crippen molar-refractivity contribution in [3.05, 3.63) is 42.5 Å². The zero-order valence-electron chi connectivity index (χ0n) is 16.2. The van der Waals surface area contributed by atoms with Crippen LogP contribution in [0, 0.1) is 0 Å². The van der Waals surface area contributed by atoms with E-state index in [1.165, 1.54) is 19.2 Å². The molecule has 9 heteroatoms. The Hall–Kier alpha value is -3.20. The molecule has 0 atom stereocenters. The molecule has 1 aromatic heterocycles. The lowest BCUT2D eigenvalue weighted by Gasteiger charge is -2.18. The Bertz CT molecular complexity index is 1150. The number of methoxy groups -OCH3 is 1. The van der Waals surface area contributed by atoms with Gasteiger partial charge in [0.15, 0.2) is 11.5 Å². The van der Waals surface area contributed by atoms with E-state index in [2.05, 4.69) is 4.98 Å². The predicted molar refractivity (Wildman–Crippen MR) is 106 cm³/mol. The van der Waals surface area contributed by atoms with E-state index in [0.717, 1.165) is 0 Å². The highest BCUT2D eigenvalue weighted by molar-refractivity contribution is 7.91. The number of aromatic nitrogens is 1. The molecule has 0 unspecified atom stereocenters. The highest BCUT2D eigenvalue weighted by atomic mass is 32.2. The molecule has 3 aromatic rings. The van der Waals surface area contributed by atoms with E-state index in [9.17, 15) is 8.42 Å². The van der Waals surface area contributed by atoms with E-state index >= 15 is 0 Å². The lowest BCUT2D eigenvalue weighted by Crippen LogP contribution is -2.16. The molecule has 0 aliphatic carbocycles. The third-order valence-electron chi connectivity index (χ3n) is 4.40. The van der Waals surface area contributed by atoms with Gasteiger partial charge in [-0.2, -0.15) is 4.98 Å². The molecular weight excluding hydrogens is 396 g/mol. The Labute approximate surface area is 168 Å². The van der Waals surface area contributed by atoms with Crippen LogP contribution in [0.2, 0.25) is 0 Å². The molecule has 2 heterocycles. The second-order valence-corrected chi connectivity index (χ2v) is 8.40. The highest BCUT2D eigenvalue weighted by Gasteiger charge is 2.31. The molecule has 0 amide bonds. The van der Waals surface area contributed by atoms with Gasteiger partial charge in [-0.1, -0.05) is 12.1 Å². The summed E-state index contributed by atoms with van der Waals surface area (Å²) in [4.78, 5) is 5.93. The first-order valence-corrected chi connectivity index (χ1v) is 10.4. The van der Waals surface area contributed by atoms with Gasteiger partial charge in [0, 0.05) is 20.2 Å². The van der Waals surface area contributed by atoms with Gasteiger partial charge in [-0.25, -0.2) is 8.42 Å². The van der Waals surface area contributed by atoms with Crippen LogP contribution in [-0.4, -0.2) is 47.8 Å². The number of oxazole rings is 1. The molecule has 0 saturated heterocycles. The molecule has 1 aliphatic heterocycles. The first-order chi connectivity index (χ1) is 13.9. The third kappa shape index (κ3) is 3.38. The number of rotatable bonds is 5. The zero-order chi connectivity index (χ0) is 20.6. The number of hydrogen-bond donors (Lipinski definition) is 0. The number of nitrogens with zero attached hydrogens (tertiary/aromatic N) is 2. The van der Waals surface area contributed by atoms with E-state index < -0.39 is 9.84 Å². The van der Waals surface area contributed by atoms with Crippen molar-refractivity contribution in [1.82, 2.24) is 4.98 Å². The van der Waals surface area contributed by atoms with Gasteiger partial charge < -0.3 is 23.5 Å². The maximum Gasteiger partial charge on any atom is 0.235 e. The van der Waals surface area contributed by atoms with E-state index in [4.69, 9.17) is 18.6 Å². The van der Waals surface area contributed by atoms with Crippen LogP contribution >= 0.6 is 0 Å². The van der Waals surface area contributed by atoms with Crippen molar-refractivity contribution in [1.29, 1.82) is 0 Å². The Morgan fingerprint density at radius 2 is 1.76 bits per heavy atom. The zero-order valence-corrected chi connectivity index (χ0v) is 17.0. The smallest absolute Gasteiger partial charge is 0.235 e. The highest BCUT2D eigenvalue weighted by Crippen LogP contribution is 2.39. The summed E-state index contributed by atoms with van der Waals surface area (Å²) in [6, 6.07) is 11.6. The molecule has 152 valence electrons. The summed E-state index contributed by atoms with van der Waals surface area (Å²) < 4.78 is 48.9. The van der Waals surface area contributed by atoms with Crippen molar-refractivity contribution in [3.8, 4) is 28.7 Å². The van der Waals surface area contributed by atoms with Crippen LogP contribution in [0.4, 0.5) is 5.88 Å². The molecule has 0 fully saturated rings. The molecule has 0 bridgehead atoms. The Kier molecular flexibility index (Phi) is 4.83. The lowest BCUT2D eigenvalue weighted by molar-refractivity contribution is 0.171. The monoisotopic (exact) mass is 416 g/mol. The quantitative estimate of drug-likeness (QED) is 0.627. The van der Waals surface area contributed by atoms with Crippen LogP contribution in [0.15, 0.2) is 56.8 Å². The van der Waals surface area contributed by atoms with E-state index in [1.807, 2.05) is 6.07 Å². The average Bonchev–Trinajstić information content (AvgIpc) is 3.20. The Morgan fingerprint density at radius 3 is 2.48 bits per heavy atom. The fourth-order valence-corrected chi connectivity index (χ4v) is 4.38. The fourth-order valence-electron chi connectivity index (χ4n) is 2.99. The minimum absolute atomic E-state index is 0.0460. The number of hydrogen-bond acceptors (Lipinski definition) is 8. The summed E-state index contributed by atoms with van der Waals surface area (Å²) >= 11 is 0. The van der Waals surface area contributed by atoms with Crippen molar-refractivity contribution in [3.63, 3.8) is 0 Å². The van der Waals surface area contributed by atoms with Gasteiger partial charge in [-0.15, -0.1) is 0 Å². The molecule has 2 aromatic carbocycles. The van der Waals surface area contributed by atoms with Gasteiger partial charge >= 0.3 is 0 Å². The normalized spacial score (nSPS) is 13.2. The summed E-state index contributed by atoms with van der Waals surface area (Å²) in [6.07, 6.45) is 0. The maximum absolute atomic E-state index is 13.4. The standard InChI is InChI=1S/C20H20N2O6S/c1-22(2)20-19(21-18(28-20)14-6-4-5-7-15(14)25-3)29(23,24)13-8-9-16-17(12-13)27-11-10-26-16/h4-9,12H,10-11H2,1-3H3. The molecule has 0 radical (unpaired) electrons. The van der Waals surface area contributed by atoms with Gasteiger partial charge in [0.05, 0.1) is 17.6 Å². The summed E-state index contributed by atoms with van der Waals surface area (Å²) in [7, 11) is 0.931. The van der Waals surface area contributed by atoms with Gasteiger partial charge in [-0.3, -0.25) is 0 Å². The number of benzene rings is 2. The molecule has 0 spiro atoms. The van der Waals surface area contributed by atoms with Crippen LogP contribution < -0.4 is 19.1 Å². The summed E-state index contributed by atoms with van der Waals surface area (Å²) in [5, 5.41) is -0.180. The fraction of sp³-hybridized carbons (Fsp3) is 0.250. The molecule has 4 rings (SSSR count). The molecular formula is C20H20N2O6S. The summed E-state index contributed by atoms with van der Waals surface area (Å²) in [6.45, 7) is 0.788. The average molecular weight is 416 g/mol. The lowest BCUT2D eigenvalue weighted by atomic mass is 10.2. The molecule has 1 aliphatic rings. The van der Waals surface area contributed by atoms with Gasteiger partial charge in [0.1, 0.15) is 19.0 Å². The van der Waals surface area contributed by atoms with Crippen LogP contribution in [0.3, 0.4) is 0 Å². The van der Waals surface area contributed by atoms with E-state index in [0.29, 0.717) is 36.0 Å². The van der Waals surface area contributed by atoms with E-state index in [1.54, 1.807) is 43.3 Å². The molecule has 0 saturated carbocycles. The summed E-state index contributed by atoms with van der Waals surface area (Å²) in [5.74, 6) is 1.71. The largest absolute Gasteiger partial charge is 0.496 e. The van der Waals surface area contributed by atoms with Crippen molar-refractivity contribution < 1.29 is 27.0 Å². The van der Waals surface area contributed by atoms with Crippen molar-refractivity contribution in [2.75, 3.05) is 39.3 Å². The van der Waals surface area contributed by atoms with Crippen molar-refractivity contribution >= 4 is 15.7 Å². The maximum atomic E-state index is 13.4. The predicted octanol–water partition coefficient (Wildman–Crippen LogP) is 3.02. The molecule has 8 nitrogen and oxygen atoms in total. The van der Waals surface area contributed by atoms with E-state index in [-0.39, 0.29) is 21.7 Å². The van der Waals surface area contributed by atoms with Gasteiger partial charge in [-0.05, 0) is 24.3 Å². The second-order valence-electron chi connectivity index (χ2n) is 6.53. The molecule has 0 N–H and O–H groups in total. The van der Waals surface area contributed by atoms with Crippen LogP contribution in [0.1, 0.15) is 0 Å². The van der Waals surface area contributed by atoms with Crippen molar-refractivity contribution in [2.45, 2.75) is 9.92 Å². The number of sulfone groups is 1. The SMILES string of the molecule is COc1ccccc1-c1nc(S(=O)(=O)c2ccc3c(c2)OCCO3)c(N(C)C)o1. The summed E-state index contributed by atoms with van der Waals surface area (Å²) in [5.41, 5.74) is 0.557. The molecule has 29 heavy (non-hydrogen) atoms. The third-order valence-corrected chi connectivity index (χ3v) is 6.05. The topological polar surface area (TPSA) is 91.1 Å². The van der Waals surface area contributed by atoms with Crippen LogP contribution in [0.5, 0.6) is 17.2 Å². The second kappa shape index (κ2) is 7.32. The van der Waals surface area contributed by atoms with Crippen LogP contribution in [-0.2, 0) is 9.84 Å². The van der Waals surface area contributed by atoms with Crippen molar-refractivity contribution in [2.24, 2.45) is 0 Å². The van der Waals surface area contributed by atoms with Crippen LogP contribution in [0.25, 0.3) is 11.5 Å². The first kappa shape index (κ1) is 19.1. The first-order valence-electron chi connectivity index (χ1n) is 8.88. The van der Waals surface area contributed by atoms with Gasteiger partial charge in [0.25, 0.3) is 0 Å². The minimum Gasteiger partial charge on any atom is -0.496 e. The Morgan fingerprint density at radius 1 is 1.03 bits per heavy atom. The number of para-hydroxylation sites is 1.